The van der Waals surface area contributed by atoms with Crippen LogP contribution in [0, 0.1) is 18.8 Å². The molecule has 1 N–H and O–H groups in total. The van der Waals surface area contributed by atoms with Crippen LogP contribution in [0.5, 0.6) is 11.5 Å². The van der Waals surface area contributed by atoms with Crippen molar-refractivity contribution in [3.8, 4) is 11.5 Å². The molecule has 0 radical (unpaired) electrons. The summed E-state index contributed by atoms with van der Waals surface area (Å²) in [7, 11) is 0. The molecule has 0 amide bonds. The number of ether oxygens (including phenoxy) is 3. The lowest BCUT2D eigenvalue weighted by Gasteiger charge is -2.06. The second-order valence-electron chi connectivity index (χ2n) is 10.9. The minimum Gasteiger partial charge on any atom is -0.493 e. The highest BCUT2D eigenvalue weighted by atomic mass is 16.5. The van der Waals surface area contributed by atoms with Crippen molar-refractivity contribution in [2.75, 3.05) is 19.8 Å². The molecule has 0 unspecified atom stereocenters. The second kappa shape index (κ2) is 12.6. The number of benzene rings is 3. The van der Waals surface area contributed by atoms with E-state index >= 15 is 0 Å². The van der Waals surface area contributed by atoms with Gasteiger partial charge >= 0.3 is 11.9 Å². The molecule has 6 heteroatoms. The number of aliphatic carboxylic acids is 1. The van der Waals surface area contributed by atoms with E-state index in [-0.39, 0.29) is 23.7 Å². The average Bonchev–Trinajstić information content (AvgIpc) is 3.85. The van der Waals surface area contributed by atoms with Crippen molar-refractivity contribution in [2.24, 2.45) is 11.8 Å². The fourth-order valence-corrected chi connectivity index (χ4v) is 5.87. The molecule has 41 heavy (non-hydrogen) atoms. The van der Waals surface area contributed by atoms with E-state index in [0.29, 0.717) is 12.5 Å². The zero-order valence-corrected chi connectivity index (χ0v) is 23.8. The first kappa shape index (κ1) is 28.5. The Morgan fingerprint density at radius 1 is 0.878 bits per heavy atom. The van der Waals surface area contributed by atoms with E-state index in [0.717, 1.165) is 50.4 Å². The minimum absolute atomic E-state index is 0.0472. The molecule has 0 bridgehead atoms. The highest BCUT2D eigenvalue weighted by molar-refractivity contribution is 5.78. The summed E-state index contributed by atoms with van der Waals surface area (Å²) in [5, 5.41) is 8.90. The van der Waals surface area contributed by atoms with Crippen molar-refractivity contribution in [2.45, 2.75) is 51.4 Å². The lowest BCUT2D eigenvalue weighted by molar-refractivity contribution is -0.144. The Kier molecular flexibility index (Phi) is 8.77. The summed E-state index contributed by atoms with van der Waals surface area (Å²) in [6.45, 7) is 9.59. The zero-order valence-electron chi connectivity index (χ0n) is 23.8. The SMILES string of the molecule is C=Cc1ccccc1C.CCOC(=O)[C@@H]1C[C@H]1c1cccc2c1CCO2.O=C(O)[C@@H]1C[C@H]1c1cccc2c1CCO2. The molecule has 214 valence electrons. The van der Waals surface area contributed by atoms with Gasteiger partial charge in [0.25, 0.3) is 0 Å². The highest BCUT2D eigenvalue weighted by Gasteiger charge is 2.47. The van der Waals surface area contributed by atoms with Crippen molar-refractivity contribution in [1.82, 2.24) is 0 Å². The first-order valence-corrected chi connectivity index (χ1v) is 14.5. The molecule has 2 aliphatic heterocycles. The van der Waals surface area contributed by atoms with E-state index in [2.05, 4.69) is 31.7 Å². The molecule has 4 aliphatic rings. The van der Waals surface area contributed by atoms with Gasteiger partial charge < -0.3 is 19.3 Å². The first-order chi connectivity index (χ1) is 19.9. The maximum Gasteiger partial charge on any atom is 0.309 e. The fourth-order valence-electron chi connectivity index (χ4n) is 5.87. The van der Waals surface area contributed by atoms with Crippen molar-refractivity contribution in [3.05, 3.63) is 101 Å². The Hall–Kier alpha value is -4.06. The molecule has 0 spiro atoms. The molecule has 2 aliphatic carbocycles. The third-order valence-electron chi connectivity index (χ3n) is 8.25. The molecule has 0 aromatic heterocycles. The number of fused-ring (bicyclic) bond motifs is 2. The van der Waals surface area contributed by atoms with Gasteiger partial charge in [0.15, 0.2) is 0 Å². The maximum atomic E-state index is 11.6. The van der Waals surface area contributed by atoms with Crippen LogP contribution in [0.4, 0.5) is 0 Å². The van der Waals surface area contributed by atoms with Gasteiger partial charge in [0.1, 0.15) is 11.5 Å². The normalized spacial score (nSPS) is 22.2. The molecule has 6 nitrogen and oxygen atoms in total. The molecule has 3 aromatic rings. The number of carbonyl (C=O) groups is 2. The van der Waals surface area contributed by atoms with Gasteiger partial charge in [0.2, 0.25) is 0 Å². The largest absolute Gasteiger partial charge is 0.493 e. The van der Waals surface area contributed by atoms with Crippen LogP contribution in [0.25, 0.3) is 6.08 Å². The van der Waals surface area contributed by atoms with Crippen molar-refractivity contribution >= 4 is 18.0 Å². The standard InChI is InChI=1S/C14H16O3.C12H12O3.C9H10/c1-2-16-14(15)12-8-11(12)9-4-3-5-13-10(9)6-7-17-13;13-12(14)10-6-9(10)7-2-1-3-11-8(7)4-5-15-11;1-3-9-7-5-4-6-8(9)2/h3-5,11-12H,2,6-8H2,1H3;1-3,9-10H,4-6H2,(H,13,14);3-7H,1H2,2H3/t11-,12+;9-,10+;/m00./s1. The number of hydrogen-bond acceptors (Lipinski definition) is 5. The number of esters is 1. The van der Waals surface area contributed by atoms with E-state index in [1.165, 1.54) is 33.4 Å². The summed E-state index contributed by atoms with van der Waals surface area (Å²) in [5.41, 5.74) is 7.51. The quantitative estimate of drug-likeness (QED) is 0.340. The van der Waals surface area contributed by atoms with Gasteiger partial charge in [-0.2, -0.15) is 0 Å². The number of carboxylic acids is 1. The fraction of sp³-hybridized carbons (Fsp3) is 0.371. The summed E-state index contributed by atoms with van der Waals surface area (Å²) in [6.07, 6.45) is 5.47. The van der Waals surface area contributed by atoms with Crippen LogP contribution < -0.4 is 9.47 Å². The molecule has 2 heterocycles. The molecule has 2 fully saturated rings. The molecular weight excluding hydrogens is 516 g/mol. The third-order valence-corrected chi connectivity index (χ3v) is 8.25. The Labute approximate surface area is 242 Å². The Morgan fingerprint density at radius 3 is 1.93 bits per heavy atom. The third kappa shape index (κ3) is 6.48. The highest BCUT2D eigenvalue weighted by Crippen LogP contribution is 2.51. The summed E-state index contributed by atoms with van der Waals surface area (Å²) in [4.78, 5) is 22.5. The average molecular weight is 555 g/mol. The van der Waals surface area contributed by atoms with Crippen molar-refractivity contribution < 1.29 is 28.9 Å². The summed E-state index contributed by atoms with van der Waals surface area (Å²) >= 11 is 0. The Morgan fingerprint density at radius 2 is 1.44 bits per heavy atom. The molecule has 4 atom stereocenters. The van der Waals surface area contributed by atoms with E-state index in [1.54, 1.807) is 0 Å². The van der Waals surface area contributed by atoms with E-state index in [4.69, 9.17) is 19.3 Å². The van der Waals surface area contributed by atoms with Crippen LogP contribution in [-0.4, -0.2) is 36.9 Å². The van der Waals surface area contributed by atoms with Crippen LogP contribution in [-0.2, 0) is 27.2 Å². The predicted octanol–water partition coefficient (Wildman–Crippen LogP) is 6.74. The summed E-state index contributed by atoms with van der Waals surface area (Å²) in [5.74, 6) is 1.70. The minimum atomic E-state index is -0.670. The van der Waals surface area contributed by atoms with Gasteiger partial charge in [0, 0.05) is 24.0 Å². The van der Waals surface area contributed by atoms with Gasteiger partial charge in [-0.05, 0) is 72.9 Å². The van der Waals surface area contributed by atoms with Gasteiger partial charge in [-0.3, -0.25) is 9.59 Å². The lowest BCUT2D eigenvalue weighted by Crippen LogP contribution is -2.07. The van der Waals surface area contributed by atoms with Crippen LogP contribution in [0.2, 0.25) is 0 Å². The number of rotatable bonds is 6. The van der Waals surface area contributed by atoms with Crippen LogP contribution in [0.3, 0.4) is 0 Å². The van der Waals surface area contributed by atoms with Gasteiger partial charge in [-0.25, -0.2) is 0 Å². The van der Waals surface area contributed by atoms with Gasteiger partial charge in [-0.15, -0.1) is 0 Å². The van der Waals surface area contributed by atoms with E-state index in [1.807, 2.05) is 55.5 Å². The number of carbonyl (C=O) groups excluding carboxylic acids is 1. The second-order valence-corrected chi connectivity index (χ2v) is 10.9. The number of aryl methyl sites for hydroxylation is 1. The molecule has 0 saturated heterocycles. The van der Waals surface area contributed by atoms with Crippen LogP contribution >= 0.6 is 0 Å². The summed E-state index contributed by atoms with van der Waals surface area (Å²) in [6, 6.07) is 20.3. The number of hydrogen-bond donors (Lipinski definition) is 1. The molecule has 2 saturated carbocycles. The monoisotopic (exact) mass is 554 g/mol. The Balaban J connectivity index is 0.000000130. The predicted molar refractivity (Wildman–Crippen MR) is 159 cm³/mol. The first-order valence-electron chi connectivity index (χ1n) is 14.5. The Bertz CT molecular complexity index is 1430. The summed E-state index contributed by atoms with van der Waals surface area (Å²) < 4.78 is 16.1. The van der Waals surface area contributed by atoms with E-state index < -0.39 is 5.97 Å². The topological polar surface area (TPSA) is 82.1 Å². The van der Waals surface area contributed by atoms with Crippen LogP contribution in [0.1, 0.15) is 65.0 Å². The molecule has 7 rings (SSSR count). The number of carboxylic acid groups (broad SMARTS) is 1. The zero-order chi connectivity index (χ0) is 28.9. The maximum absolute atomic E-state index is 11.6. The molecular formula is C35H38O6. The van der Waals surface area contributed by atoms with E-state index in [9.17, 15) is 9.59 Å². The smallest absolute Gasteiger partial charge is 0.309 e. The molecule has 3 aromatic carbocycles. The van der Waals surface area contributed by atoms with Crippen LogP contribution in [0.15, 0.2) is 67.2 Å². The van der Waals surface area contributed by atoms with Gasteiger partial charge in [0.05, 0.1) is 31.7 Å². The van der Waals surface area contributed by atoms with Gasteiger partial charge in [-0.1, -0.05) is 61.2 Å². The lowest BCUT2D eigenvalue weighted by atomic mass is 10.00. The van der Waals surface area contributed by atoms with Crippen molar-refractivity contribution in [3.63, 3.8) is 0 Å². The van der Waals surface area contributed by atoms with Crippen molar-refractivity contribution in [1.29, 1.82) is 0 Å².